The average Bonchev–Trinajstić information content (AvgIpc) is 3.37. The van der Waals surface area contributed by atoms with E-state index >= 15 is 0 Å². The molecule has 1 nitrogen and oxygen atoms in total. The lowest BCUT2D eigenvalue weighted by molar-refractivity contribution is 0.0727. The molecule has 6 rings (SSSR count). The minimum atomic E-state index is 0.895. The molecule has 5 fully saturated rings. The summed E-state index contributed by atoms with van der Waals surface area (Å²) < 4.78 is 0. The fourth-order valence-electron chi connectivity index (χ4n) is 6.07. The third-order valence-corrected chi connectivity index (χ3v) is 7.68. The first-order valence-corrected chi connectivity index (χ1v) is 12.6. The fourth-order valence-corrected chi connectivity index (χ4v) is 6.07. The number of piperidine rings is 2. The zero-order chi connectivity index (χ0) is 20.5. The minimum absolute atomic E-state index is 0.895. The molecule has 0 aromatic heterocycles. The van der Waals surface area contributed by atoms with Crippen molar-refractivity contribution in [3.05, 3.63) is 24.3 Å². The lowest BCUT2D eigenvalue weighted by atomic mass is 9.79. The van der Waals surface area contributed by atoms with E-state index in [9.17, 15) is 0 Å². The molecule has 0 amide bonds. The van der Waals surface area contributed by atoms with Gasteiger partial charge < -0.3 is 4.90 Å². The van der Waals surface area contributed by atoms with Crippen LogP contribution in [0.2, 0.25) is 0 Å². The molecule has 162 valence electrons. The molecule has 2 aliphatic heterocycles. The second kappa shape index (κ2) is 12.2. The summed E-state index contributed by atoms with van der Waals surface area (Å²) in [7, 11) is 2.27. The Labute approximate surface area is 177 Å². The normalized spacial score (nSPS) is 38.0. The Morgan fingerprint density at radius 2 is 1.54 bits per heavy atom. The van der Waals surface area contributed by atoms with Crippen LogP contribution >= 0.6 is 0 Å². The predicted octanol–water partition coefficient (Wildman–Crippen LogP) is 7.88. The zero-order valence-corrected chi connectivity index (χ0v) is 19.8. The van der Waals surface area contributed by atoms with E-state index in [-0.39, 0.29) is 0 Å². The highest BCUT2D eigenvalue weighted by atomic mass is 15.1. The van der Waals surface area contributed by atoms with Gasteiger partial charge in [0.05, 0.1) is 0 Å². The first kappa shape index (κ1) is 23.7. The van der Waals surface area contributed by atoms with Gasteiger partial charge in [-0.25, -0.2) is 0 Å². The van der Waals surface area contributed by atoms with Crippen molar-refractivity contribution in [2.45, 2.75) is 104 Å². The van der Waals surface area contributed by atoms with Crippen LogP contribution in [0.3, 0.4) is 0 Å². The highest BCUT2D eigenvalue weighted by Crippen LogP contribution is 2.38. The van der Waals surface area contributed by atoms with E-state index in [1.165, 1.54) is 82.7 Å². The second-order valence-electron chi connectivity index (χ2n) is 10.1. The smallest absolute Gasteiger partial charge is 0.00925 e. The third-order valence-electron chi connectivity index (χ3n) is 7.68. The van der Waals surface area contributed by atoms with Gasteiger partial charge in [0.2, 0.25) is 0 Å². The molecule has 0 aromatic rings. The Kier molecular flexibility index (Phi) is 10.3. The topological polar surface area (TPSA) is 3.24 Å². The summed E-state index contributed by atoms with van der Waals surface area (Å²) in [5, 5.41) is 0. The highest BCUT2D eigenvalue weighted by Gasteiger charge is 2.30. The molecule has 2 saturated heterocycles. The average molecular weight is 388 g/mol. The van der Waals surface area contributed by atoms with Gasteiger partial charge in [-0.1, -0.05) is 58.4 Å². The van der Waals surface area contributed by atoms with Gasteiger partial charge in [0.1, 0.15) is 0 Å². The molecule has 1 heteroatoms. The maximum absolute atomic E-state index is 4.06. The Balaban J connectivity index is 0.000000145. The van der Waals surface area contributed by atoms with E-state index in [4.69, 9.17) is 0 Å². The van der Waals surface area contributed by atoms with Crippen molar-refractivity contribution >= 4 is 0 Å². The molecular weight excluding hydrogens is 338 g/mol. The SMILES string of the molecule is C1=CC2CCC1C2.C=C1CC(C)CC(CC)C1.CC.CN1CC2CCC1CC2. The number of hydrogen-bond donors (Lipinski definition) is 0. The lowest BCUT2D eigenvalue weighted by Crippen LogP contribution is -2.45. The van der Waals surface area contributed by atoms with E-state index in [1.807, 2.05) is 13.8 Å². The number of rotatable bonds is 1. The van der Waals surface area contributed by atoms with Crippen molar-refractivity contribution in [3.63, 3.8) is 0 Å². The van der Waals surface area contributed by atoms with Crippen molar-refractivity contribution in [1.29, 1.82) is 0 Å². The van der Waals surface area contributed by atoms with Gasteiger partial charge in [-0.3, -0.25) is 0 Å². The summed E-state index contributed by atoms with van der Waals surface area (Å²) in [5.74, 6) is 4.87. The summed E-state index contributed by atoms with van der Waals surface area (Å²) in [4.78, 5) is 2.54. The quantitative estimate of drug-likeness (QED) is 0.414. The third kappa shape index (κ3) is 7.36. The summed E-state index contributed by atoms with van der Waals surface area (Å²) in [6, 6.07) is 0.954. The molecule has 2 heterocycles. The maximum Gasteiger partial charge on any atom is 0.00925 e. The van der Waals surface area contributed by atoms with Crippen molar-refractivity contribution in [2.75, 3.05) is 13.6 Å². The fraction of sp³-hybridized carbons (Fsp3) is 0.852. The van der Waals surface area contributed by atoms with Gasteiger partial charge in [0.15, 0.2) is 0 Å². The Hall–Kier alpha value is -0.560. The first-order valence-electron chi connectivity index (χ1n) is 12.6. The molecule has 3 saturated carbocycles. The molecular formula is C27H49N. The summed E-state index contributed by atoms with van der Waals surface area (Å²) in [6.07, 6.45) is 20.5. The number of hydrogen-bond acceptors (Lipinski definition) is 1. The molecule has 0 N–H and O–H groups in total. The van der Waals surface area contributed by atoms with Crippen LogP contribution in [0.25, 0.3) is 0 Å². The van der Waals surface area contributed by atoms with Crippen molar-refractivity contribution in [3.8, 4) is 0 Å². The molecule has 0 aromatic carbocycles. The maximum atomic E-state index is 4.06. The molecule has 28 heavy (non-hydrogen) atoms. The Morgan fingerprint density at radius 3 is 1.82 bits per heavy atom. The standard InChI is InChI=1S/C10H18.C8H15N.C7H10.C2H6/c1-4-10-6-8(2)5-9(3)7-10;1-9-6-7-2-4-8(9)5-3-7;1-2-7-4-3-6(1)5-7;1-2/h9-10H,2,4-7H2,1,3H3;7-8H,2-6H2,1H3;1-2,6-7H,3-5H2;1-2H3. The van der Waals surface area contributed by atoms with E-state index in [2.05, 4.69) is 44.5 Å². The highest BCUT2D eigenvalue weighted by molar-refractivity contribution is 5.06. The van der Waals surface area contributed by atoms with Crippen LogP contribution in [0, 0.1) is 29.6 Å². The van der Waals surface area contributed by atoms with E-state index in [0.29, 0.717) is 0 Å². The van der Waals surface area contributed by atoms with Crippen molar-refractivity contribution < 1.29 is 0 Å². The Bertz CT molecular complexity index is 459. The summed E-state index contributed by atoms with van der Waals surface area (Å²) in [6.45, 7) is 14.1. The molecule has 4 bridgehead atoms. The van der Waals surface area contributed by atoms with Crippen LogP contribution in [0.5, 0.6) is 0 Å². The van der Waals surface area contributed by atoms with Crippen LogP contribution < -0.4 is 0 Å². The predicted molar refractivity (Wildman–Crippen MR) is 126 cm³/mol. The summed E-state index contributed by atoms with van der Waals surface area (Å²) >= 11 is 0. The van der Waals surface area contributed by atoms with Crippen LogP contribution in [0.15, 0.2) is 24.3 Å². The van der Waals surface area contributed by atoms with Crippen LogP contribution in [-0.2, 0) is 0 Å². The Morgan fingerprint density at radius 1 is 0.929 bits per heavy atom. The number of fused-ring (bicyclic) bond motifs is 5. The molecule has 4 unspecified atom stereocenters. The van der Waals surface area contributed by atoms with E-state index in [1.54, 1.807) is 0 Å². The van der Waals surface area contributed by atoms with Gasteiger partial charge in [0, 0.05) is 12.6 Å². The lowest BCUT2D eigenvalue weighted by Gasteiger charge is -2.43. The number of allylic oxidation sites excluding steroid dienone is 3. The minimum Gasteiger partial charge on any atom is -0.303 e. The number of nitrogens with zero attached hydrogens (tertiary/aromatic N) is 1. The molecule has 0 radical (unpaired) electrons. The molecule has 0 spiro atoms. The summed E-state index contributed by atoms with van der Waals surface area (Å²) in [5.41, 5.74) is 1.48. The van der Waals surface area contributed by atoms with E-state index < -0.39 is 0 Å². The van der Waals surface area contributed by atoms with Crippen molar-refractivity contribution in [1.82, 2.24) is 4.90 Å². The van der Waals surface area contributed by atoms with Crippen LogP contribution in [-0.4, -0.2) is 24.5 Å². The molecule has 6 aliphatic rings. The molecule has 4 atom stereocenters. The zero-order valence-electron chi connectivity index (χ0n) is 19.8. The van der Waals surface area contributed by atoms with E-state index in [0.717, 1.165) is 35.6 Å². The molecule has 4 aliphatic carbocycles. The van der Waals surface area contributed by atoms with Gasteiger partial charge in [0.25, 0.3) is 0 Å². The van der Waals surface area contributed by atoms with Gasteiger partial charge in [-0.2, -0.15) is 0 Å². The van der Waals surface area contributed by atoms with Gasteiger partial charge in [-0.05, 0) is 101 Å². The van der Waals surface area contributed by atoms with Crippen molar-refractivity contribution in [2.24, 2.45) is 29.6 Å². The van der Waals surface area contributed by atoms with Gasteiger partial charge in [-0.15, -0.1) is 0 Å². The monoisotopic (exact) mass is 387 g/mol. The van der Waals surface area contributed by atoms with Gasteiger partial charge >= 0.3 is 0 Å². The van der Waals surface area contributed by atoms with Crippen LogP contribution in [0.1, 0.15) is 98.3 Å². The van der Waals surface area contributed by atoms with Crippen LogP contribution in [0.4, 0.5) is 0 Å². The first-order chi connectivity index (χ1) is 13.5. The second-order valence-corrected chi connectivity index (χ2v) is 10.1. The largest absolute Gasteiger partial charge is 0.303 e.